The largest absolute Gasteiger partial charge is 0.474 e. The van der Waals surface area contributed by atoms with E-state index in [-0.39, 0.29) is 12.4 Å². The molecule has 0 saturated heterocycles. The zero-order chi connectivity index (χ0) is 21.4. The number of allylic oxidation sites excluding steroid dienone is 1. The molecule has 0 aliphatic heterocycles. The van der Waals surface area contributed by atoms with E-state index in [2.05, 4.69) is 9.98 Å². The van der Waals surface area contributed by atoms with Crippen molar-refractivity contribution in [2.75, 3.05) is 6.61 Å². The molecule has 0 amide bonds. The molecule has 5 nitrogen and oxygen atoms in total. The number of aliphatic hydroxyl groups is 1. The number of aliphatic hydroxyl groups excluding tert-OH is 1. The van der Waals surface area contributed by atoms with Gasteiger partial charge in [-0.1, -0.05) is 30.0 Å². The second kappa shape index (κ2) is 10.3. The quantitative estimate of drug-likeness (QED) is 0.385. The van der Waals surface area contributed by atoms with Crippen LogP contribution < -0.4 is 4.74 Å². The first-order valence-corrected chi connectivity index (χ1v) is 9.95. The van der Waals surface area contributed by atoms with Crippen molar-refractivity contribution in [1.29, 1.82) is 0 Å². The van der Waals surface area contributed by atoms with Gasteiger partial charge in [-0.25, -0.2) is 14.4 Å². The Hall–Kier alpha value is -2.51. The maximum atomic E-state index is 13.0. The third-order valence-corrected chi connectivity index (χ3v) is 4.93. The van der Waals surface area contributed by atoms with Gasteiger partial charge in [-0.2, -0.15) is 0 Å². The summed E-state index contributed by atoms with van der Waals surface area (Å²) in [4.78, 5) is 19.7. The predicted molar refractivity (Wildman–Crippen MR) is 116 cm³/mol. The van der Waals surface area contributed by atoms with Gasteiger partial charge in [-0.15, -0.1) is 0 Å². The molecule has 1 aromatic carbocycles. The summed E-state index contributed by atoms with van der Waals surface area (Å²) in [5.41, 5.74) is 2.14. The summed E-state index contributed by atoms with van der Waals surface area (Å²) in [5, 5.41) is 11.1. The molecule has 1 N–H and O–H groups in total. The first-order chi connectivity index (χ1) is 13.7. The van der Waals surface area contributed by atoms with Crippen molar-refractivity contribution < 1.29 is 19.0 Å². The molecule has 2 aromatic rings. The minimum atomic E-state index is -0.937. The van der Waals surface area contributed by atoms with Crippen LogP contribution in [0.15, 0.2) is 59.4 Å². The van der Waals surface area contributed by atoms with E-state index in [9.17, 15) is 14.3 Å². The fourth-order valence-electron chi connectivity index (χ4n) is 2.47. The molecule has 29 heavy (non-hydrogen) atoms. The van der Waals surface area contributed by atoms with E-state index in [4.69, 9.17) is 4.74 Å². The minimum Gasteiger partial charge on any atom is -0.474 e. The highest BCUT2D eigenvalue weighted by atomic mass is 32.2. The van der Waals surface area contributed by atoms with Crippen LogP contribution in [-0.2, 0) is 4.79 Å². The van der Waals surface area contributed by atoms with E-state index in [0.717, 1.165) is 17.4 Å². The third kappa shape index (κ3) is 7.11. The monoisotopic (exact) mass is 416 g/mol. The number of rotatable bonds is 8. The third-order valence-electron chi connectivity index (χ3n) is 3.92. The molecular formula is C22H25FN2O3S. The average molecular weight is 417 g/mol. The summed E-state index contributed by atoms with van der Waals surface area (Å²) in [6, 6.07) is 9.66. The van der Waals surface area contributed by atoms with E-state index in [1.807, 2.05) is 6.07 Å². The Balaban J connectivity index is 1.97. The van der Waals surface area contributed by atoms with Crippen molar-refractivity contribution in [3.63, 3.8) is 0 Å². The van der Waals surface area contributed by atoms with Crippen molar-refractivity contribution in [1.82, 2.24) is 4.98 Å². The van der Waals surface area contributed by atoms with Gasteiger partial charge in [-0.05, 0) is 51.5 Å². The van der Waals surface area contributed by atoms with Gasteiger partial charge in [0.15, 0.2) is 0 Å². The van der Waals surface area contributed by atoms with E-state index in [1.54, 1.807) is 58.2 Å². The van der Waals surface area contributed by atoms with E-state index < -0.39 is 10.9 Å². The highest BCUT2D eigenvalue weighted by Crippen LogP contribution is 2.25. The van der Waals surface area contributed by atoms with Crippen molar-refractivity contribution in [3.8, 4) is 17.0 Å². The standard InChI is InChI=1S/C22H25FN2O3S/c1-5-19(25-15(2)29-22(3,4)14-26)20(27)13-28-21-11-8-17(12-24-21)16-6-9-18(23)10-7-16/h5-12,14,20,27H,13H2,1-4H3/b19-5-,25-15?. The molecule has 1 unspecified atom stereocenters. The van der Waals surface area contributed by atoms with Crippen LogP contribution in [0.4, 0.5) is 4.39 Å². The van der Waals surface area contributed by atoms with Gasteiger partial charge >= 0.3 is 0 Å². The van der Waals surface area contributed by atoms with E-state index in [0.29, 0.717) is 16.6 Å². The Morgan fingerprint density at radius 2 is 1.93 bits per heavy atom. The summed E-state index contributed by atoms with van der Waals surface area (Å²) in [7, 11) is 0. The number of aldehydes is 1. The van der Waals surface area contributed by atoms with Crippen molar-refractivity contribution in [2.45, 2.75) is 38.5 Å². The van der Waals surface area contributed by atoms with Gasteiger partial charge in [0.1, 0.15) is 24.8 Å². The number of pyridine rings is 1. The number of carbonyl (C=O) groups excluding carboxylic acids is 1. The second-order valence-electron chi connectivity index (χ2n) is 6.89. The Bertz CT molecular complexity index is 878. The van der Waals surface area contributed by atoms with Crippen LogP contribution in [0.1, 0.15) is 27.7 Å². The topological polar surface area (TPSA) is 71.8 Å². The molecule has 1 aromatic heterocycles. The number of hydrogen-bond acceptors (Lipinski definition) is 6. The number of aliphatic imine (C=N–C) groups is 1. The highest BCUT2D eigenvalue weighted by Gasteiger charge is 2.19. The van der Waals surface area contributed by atoms with Crippen LogP contribution in [0.25, 0.3) is 11.1 Å². The molecule has 1 atom stereocenters. The summed E-state index contributed by atoms with van der Waals surface area (Å²) in [6.07, 6.45) is 3.27. The van der Waals surface area contributed by atoms with Crippen molar-refractivity contribution in [2.24, 2.45) is 4.99 Å². The average Bonchev–Trinajstić information content (AvgIpc) is 2.71. The molecule has 154 valence electrons. The molecule has 2 rings (SSSR count). The molecule has 0 bridgehead atoms. The molecule has 7 heteroatoms. The van der Waals surface area contributed by atoms with Crippen LogP contribution in [-0.4, -0.2) is 38.9 Å². The van der Waals surface area contributed by atoms with Gasteiger partial charge in [-0.3, -0.25) is 0 Å². The van der Waals surface area contributed by atoms with Crippen LogP contribution in [0, 0.1) is 5.82 Å². The fraction of sp³-hybridized carbons (Fsp3) is 0.318. The molecule has 0 spiro atoms. The fourth-order valence-corrected chi connectivity index (χ4v) is 3.43. The lowest BCUT2D eigenvalue weighted by atomic mass is 10.1. The Morgan fingerprint density at radius 3 is 2.48 bits per heavy atom. The first kappa shape index (κ1) is 22.8. The Kier molecular flexibility index (Phi) is 8.10. The molecule has 0 saturated carbocycles. The van der Waals surface area contributed by atoms with Crippen molar-refractivity contribution >= 4 is 23.1 Å². The lowest BCUT2D eigenvalue weighted by Crippen LogP contribution is -2.21. The number of ether oxygens (including phenoxy) is 1. The van der Waals surface area contributed by atoms with E-state index >= 15 is 0 Å². The van der Waals surface area contributed by atoms with Gasteiger partial charge in [0.2, 0.25) is 5.88 Å². The van der Waals surface area contributed by atoms with Crippen LogP contribution >= 0.6 is 11.8 Å². The van der Waals surface area contributed by atoms with Crippen LogP contribution in [0.5, 0.6) is 5.88 Å². The van der Waals surface area contributed by atoms with E-state index in [1.165, 1.54) is 23.9 Å². The first-order valence-electron chi connectivity index (χ1n) is 9.14. The zero-order valence-electron chi connectivity index (χ0n) is 16.9. The maximum absolute atomic E-state index is 13.0. The van der Waals surface area contributed by atoms with Gasteiger partial charge in [0, 0.05) is 17.8 Å². The number of benzene rings is 1. The molecule has 1 heterocycles. The number of thioether (sulfide) groups is 1. The molecule has 0 fully saturated rings. The Morgan fingerprint density at radius 1 is 1.28 bits per heavy atom. The lowest BCUT2D eigenvalue weighted by molar-refractivity contribution is -0.109. The second-order valence-corrected chi connectivity index (χ2v) is 8.73. The van der Waals surface area contributed by atoms with Gasteiger partial charge < -0.3 is 14.6 Å². The SMILES string of the molecule is C/C=C(\N=C(C)SC(C)(C)C=O)C(O)COc1ccc(-c2ccc(F)cc2)cn1. The molecular weight excluding hydrogens is 391 g/mol. The normalized spacial score (nSPS) is 13.9. The smallest absolute Gasteiger partial charge is 0.213 e. The highest BCUT2D eigenvalue weighted by molar-refractivity contribution is 8.15. The summed E-state index contributed by atoms with van der Waals surface area (Å²) < 4.78 is 18.0. The number of nitrogens with zero attached hydrogens (tertiary/aromatic N) is 2. The minimum absolute atomic E-state index is 0.0128. The van der Waals surface area contributed by atoms with Crippen molar-refractivity contribution in [3.05, 3.63) is 60.2 Å². The number of carbonyl (C=O) groups is 1. The number of aromatic nitrogens is 1. The van der Waals surface area contributed by atoms with Gasteiger partial charge in [0.25, 0.3) is 0 Å². The zero-order valence-corrected chi connectivity index (χ0v) is 17.7. The van der Waals surface area contributed by atoms with Gasteiger partial charge in [0.05, 0.1) is 15.5 Å². The van der Waals surface area contributed by atoms with Crippen LogP contribution in [0.2, 0.25) is 0 Å². The summed E-state index contributed by atoms with van der Waals surface area (Å²) in [5.74, 6) is 0.0731. The van der Waals surface area contributed by atoms with Crippen LogP contribution in [0.3, 0.4) is 0 Å². The number of hydrogen-bond donors (Lipinski definition) is 1. The summed E-state index contributed by atoms with van der Waals surface area (Å²) >= 11 is 1.33. The predicted octanol–water partition coefficient (Wildman–Crippen LogP) is 4.66. The molecule has 0 aliphatic rings. The summed E-state index contributed by atoms with van der Waals surface area (Å²) in [6.45, 7) is 7.17. The molecule has 0 radical (unpaired) electrons. The Labute approximate surface area is 174 Å². The molecule has 0 aliphatic carbocycles. The number of halogens is 1. The maximum Gasteiger partial charge on any atom is 0.213 e. The lowest BCUT2D eigenvalue weighted by Gasteiger charge is -2.17.